The number of hydrogen-bond donors (Lipinski definition) is 0. The monoisotopic (exact) mass is 1050 g/mol. The van der Waals surface area contributed by atoms with Crippen molar-refractivity contribution < 1.29 is 0 Å². The van der Waals surface area contributed by atoms with E-state index in [1.54, 1.807) is 0 Å². The minimum atomic E-state index is 0.600. The number of fused-ring (bicyclic) bond motifs is 12. The van der Waals surface area contributed by atoms with Gasteiger partial charge in [-0.25, -0.2) is 0 Å². The molecule has 0 N–H and O–H groups in total. The van der Waals surface area contributed by atoms with Crippen molar-refractivity contribution in [2.24, 2.45) is 0 Å². The molecule has 2 saturated carbocycles. The lowest BCUT2D eigenvalue weighted by molar-refractivity contribution is 0.723. The number of benzene rings is 11. The van der Waals surface area contributed by atoms with Crippen molar-refractivity contribution in [1.29, 1.82) is 0 Å². The number of rotatable bonds is 10. The Balaban J connectivity index is 0.914. The molecule has 2 aliphatic rings. The van der Waals surface area contributed by atoms with Crippen molar-refractivity contribution in [3.05, 3.63) is 253 Å². The maximum absolute atomic E-state index is 2.59. The third-order valence-corrected chi connectivity index (χ3v) is 19.2. The maximum atomic E-state index is 2.59. The van der Waals surface area contributed by atoms with Gasteiger partial charge < -0.3 is 18.6 Å². The predicted octanol–water partition coefficient (Wildman–Crippen LogP) is 22.2. The van der Waals surface area contributed by atoms with Gasteiger partial charge in [-0.15, -0.1) is 0 Å². The summed E-state index contributed by atoms with van der Waals surface area (Å²) in [6, 6.07) is 88.2. The lowest BCUT2D eigenvalue weighted by Gasteiger charge is -2.29. The van der Waals surface area contributed by atoms with Crippen LogP contribution in [-0.2, 0) is 0 Å². The Morgan fingerprint density at radius 3 is 1.11 bits per heavy atom. The largest absolute Gasteiger partial charge is 0.309 e. The zero-order valence-corrected chi connectivity index (χ0v) is 46.5. The molecule has 4 nitrogen and oxygen atoms in total. The molecule has 0 amide bonds. The Labute approximate surface area is 478 Å². The Kier molecular flexibility index (Phi) is 10.8. The molecule has 82 heavy (non-hydrogen) atoms. The van der Waals surface area contributed by atoms with Crippen LogP contribution < -0.4 is 9.80 Å². The molecule has 0 spiro atoms. The van der Waals surface area contributed by atoms with Gasteiger partial charge >= 0.3 is 0 Å². The number of aryl methyl sites for hydroxylation is 2. The summed E-state index contributed by atoms with van der Waals surface area (Å²) in [5.41, 5.74) is 24.9. The van der Waals surface area contributed by atoms with Gasteiger partial charge in [0, 0.05) is 65.6 Å². The van der Waals surface area contributed by atoms with Crippen LogP contribution in [0, 0.1) is 13.8 Å². The summed E-state index contributed by atoms with van der Waals surface area (Å²) in [6.07, 6.45) is 10.3. The Hall–Kier alpha value is -9.38. The molecule has 0 saturated heterocycles. The Morgan fingerprint density at radius 2 is 0.695 bits per heavy atom. The first-order valence-corrected chi connectivity index (χ1v) is 30.0. The van der Waals surface area contributed by atoms with E-state index in [2.05, 4.69) is 263 Å². The van der Waals surface area contributed by atoms with Gasteiger partial charge in [-0.05, 0) is 159 Å². The van der Waals surface area contributed by atoms with E-state index in [0.29, 0.717) is 11.8 Å². The lowest BCUT2D eigenvalue weighted by atomic mass is 9.92. The molecule has 11 aromatic carbocycles. The van der Waals surface area contributed by atoms with Crippen LogP contribution in [0.25, 0.3) is 98.4 Å². The average molecular weight is 1060 g/mol. The van der Waals surface area contributed by atoms with Gasteiger partial charge in [0.25, 0.3) is 0 Å². The van der Waals surface area contributed by atoms with E-state index in [1.807, 2.05) is 0 Å². The predicted molar refractivity (Wildman–Crippen MR) is 348 cm³/mol. The van der Waals surface area contributed by atoms with Gasteiger partial charge in [-0.3, -0.25) is 0 Å². The van der Waals surface area contributed by atoms with Crippen molar-refractivity contribution in [3.63, 3.8) is 0 Å². The molecule has 15 aromatic rings. The van der Waals surface area contributed by atoms with Crippen molar-refractivity contribution >= 4 is 110 Å². The van der Waals surface area contributed by atoms with Gasteiger partial charge in [-0.2, -0.15) is 0 Å². The Morgan fingerprint density at radius 1 is 0.317 bits per heavy atom. The second kappa shape index (κ2) is 18.6. The van der Waals surface area contributed by atoms with E-state index in [4.69, 9.17) is 0 Å². The molecule has 17 rings (SSSR count). The third kappa shape index (κ3) is 7.16. The van der Waals surface area contributed by atoms with Gasteiger partial charge in [0.1, 0.15) is 0 Å². The minimum Gasteiger partial charge on any atom is -0.309 e. The maximum Gasteiger partial charge on any atom is 0.0641 e. The molecule has 2 fully saturated rings. The molecule has 0 unspecified atom stereocenters. The normalized spacial score (nSPS) is 14.5. The van der Waals surface area contributed by atoms with E-state index in [9.17, 15) is 0 Å². The van der Waals surface area contributed by atoms with Gasteiger partial charge in [-0.1, -0.05) is 182 Å². The highest BCUT2D eigenvalue weighted by molar-refractivity contribution is 6.32. The molecule has 4 heterocycles. The molecule has 0 atom stereocenters. The average Bonchev–Trinajstić information content (AvgIpc) is 3.33. The van der Waals surface area contributed by atoms with Crippen molar-refractivity contribution in [1.82, 2.24) is 8.80 Å². The van der Waals surface area contributed by atoms with E-state index in [-0.39, 0.29) is 0 Å². The number of hydrogen-bond acceptors (Lipinski definition) is 2. The summed E-state index contributed by atoms with van der Waals surface area (Å²) in [7, 11) is 0. The fraction of sp³-hybridized carbons (Fsp3) is 0.154. The van der Waals surface area contributed by atoms with Crippen LogP contribution in [0.2, 0.25) is 0 Å². The van der Waals surface area contributed by atoms with Crippen LogP contribution in [0.5, 0.6) is 0 Å². The zero-order chi connectivity index (χ0) is 54.2. The summed E-state index contributed by atoms with van der Waals surface area (Å²) in [4.78, 5) is 5.12. The number of aromatic nitrogens is 2. The number of nitrogens with zero attached hydrogens (tertiary/aromatic N) is 4. The van der Waals surface area contributed by atoms with Crippen LogP contribution in [0.4, 0.5) is 34.1 Å². The molecule has 0 bridgehead atoms. The van der Waals surface area contributed by atoms with Crippen molar-refractivity contribution in [2.75, 3.05) is 9.80 Å². The molecule has 0 aliphatic heterocycles. The van der Waals surface area contributed by atoms with E-state index >= 15 is 0 Å². The molecular weight excluding hydrogens is 993 g/mol. The van der Waals surface area contributed by atoms with E-state index in [1.165, 1.54) is 195 Å². The summed E-state index contributed by atoms with van der Waals surface area (Å²) in [5.74, 6) is 1.20. The number of anilines is 6. The zero-order valence-electron chi connectivity index (χ0n) is 46.5. The molecular formula is C78H62N4. The molecule has 2 aliphatic carbocycles. The third-order valence-electron chi connectivity index (χ3n) is 19.2. The highest BCUT2D eigenvalue weighted by Gasteiger charge is 2.31. The molecule has 4 aromatic heterocycles. The van der Waals surface area contributed by atoms with E-state index < -0.39 is 0 Å². The second-order valence-electron chi connectivity index (χ2n) is 23.9. The fourth-order valence-electron chi connectivity index (χ4n) is 15.3. The molecule has 394 valence electrons. The molecule has 4 heteroatoms. The lowest BCUT2D eigenvalue weighted by Crippen LogP contribution is -2.12. The number of para-hydroxylation sites is 2. The van der Waals surface area contributed by atoms with Crippen LogP contribution in [0.15, 0.2) is 231 Å². The first-order chi connectivity index (χ1) is 40.5. The van der Waals surface area contributed by atoms with Crippen LogP contribution in [0.3, 0.4) is 0 Å². The van der Waals surface area contributed by atoms with Gasteiger partial charge in [0.15, 0.2) is 0 Å². The second-order valence-corrected chi connectivity index (χ2v) is 23.9. The summed E-state index contributed by atoms with van der Waals surface area (Å²) >= 11 is 0. The van der Waals surface area contributed by atoms with E-state index in [0.717, 1.165) is 11.4 Å². The topological polar surface area (TPSA) is 15.3 Å². The fourth-order valence-corrected chi connectivity index (χ4v) is 15.3. The van der Waals surface area contributed by atoms with Crippen LogP contribution in [0.1, 0.15) is 85.5 Å². The highest BCUT2D eigenvalue weighted by Crippen LogP contribution is 2.54. The first kappa shape index (κ1) is 47.4. The standard InChI is InChI=1S/C78H62N4/c1-49-29-35-57(36-30-49)79(69-41-33-55(51-17-9-10-18-51)45-63(69)53-21-5-3-6-22-53)71-43-39-59-65-47-74-66(48-73(65)81-67-27-15-13-25-61(67)75(71)77(59)81)60-40-44-72(76-62-26-14-16-28-68(62)82(74)78(60)76)80(58-37-31-50(2)32-38-58)70-42-34-56(52-19-11-12-20-52)46-64(70)54-23-7-4-8-24-54/h3-8,13-16,21-48,51-52H,9-12,17-20H2,1-2H3. The van der Waals surface area contributed by atoms with Gasteiger partial charge in [0.05, 0.1) is 55.8 Å². The summed E-state index contributed by atoms with van der Waals surface area (Å²) in [5, 5.41) is 10.1. The SMILES string of the molecule is Cc1ccc(N(c2ccc(C3CCCC3)cc2-c2ccccc2)c2ccc3c4cc5c(cc4n4c6ccccc6c2c34)c2ccc(N(c3ccc(C)cc3)c3ccc(C4CCCC4)cc3-c3ccccc3)c3c4ccccc4n5c23)cc1. The molecule has 0 radical (unpaired) electrons. The van der Waals surface area contributed by atoms with Crippen LogP contribution in [-0.4, -0.2) is 8.80 Å². The smallest absolute Gasteiger partial charge is 0.0641 e. The minimum absolute atomic E-state index is 0.600. The highest BCUT2D eigenvalue weighted by atomic mass is 15.2. The first-order valence-electron chi connectivity index (χ1n) is 30.0. The quantitative estimate of drug-likeness (QED) is 0.136. The van der Waals surface area contributed by atoms with Gasteiger partial charge in [0.2, 0.25) is 0 Å². The van der Waals surface area contributed by atoms with Crippen LogP contribution >= 0.6 is 0 Å². The van der Waals surface area contributed by atoms with Crippen molar-refractivity contribution in [3.8, 4) is 22.3 Å². The summed E-state index contributed by atoms with van der Waals surface area (Å²) < 4.78 is 5.18. The summed E-state index contributed by atoms with van der Waals surface area (Å²) in [6.45, 7) is 4.38. The van der Waals surface area contributed by atoms with Crippen molar-refractivity contribution in [2.45, 2.75) is 77.0 Å². The Bertz CT molecular complexity index is 4620.